The lowest BCUT2D eigenvalue weighted by Gasteiger charge is -2.19. The van der Waals surface area contributed by atoms with Gasteiger partial charge in [-0.1, -0.05) is 27.5 Å². The van der Waals surface area contributed by atoms with E-state index in [2.05, 4.69) is 15.9 Å². The van der Waals surface area contributed by atoms with Crippen molar-refractivity contribution < 1.29 is 23.8 Å². The van der Waals surface area contributed by atoms with Gasteiger partial charge in [0.05, 0.1) is 17.2 Å². The smallest absolute Gasteiger partial charge is 0.259 e. The number of Topliss-reactive ketones (excluding diaryl/α,β-unsaturated/α-hetero) is 1. The van der Waals surface area contributed by atoms with Crippen molar-refractivity contribution in [2.45, 2.75) is 6.92 Å². The highest BCUT2D eigenvalue weighted by atomic mass is 79.9. The van der Waals surface area contributed by atoms with Crippen LogP contribution in [0.5, 0.6) is 17.2 Å². The number of ether oxygens (including phenoxy) is 3. The van der Waals surface area contributed by atoms with Crippen molar-refractivity contribution in [2.24, 2.45) is 0 Å². The molecule has 0 bridgehead atoms. The topological polar surface area (TPSA) is 65.1 Å². The molecule has 1 aliphatic rings. The molecule has 0 saturated heterocycles. The molecule has 2 aromatic rings. The third-order valence-electron chi connectivity index (χ3n) is 4.37. The van der Waals surface area contributed by atoms with Gasteiger partial charge in [-0.05, 0) is 48.9 Å². The summed E-state index contributed by atoms with van der Waals surface area (Å²) in [4.78, 5) is 26.1. The first-order valence-corrected chi connectivity index (χ1v) is 10.4. The molecule has 0 spiro atoms. The number of fused-ring (bicyclic) bond motifs is 1. The molecule has 0 radical (unpaired) electrons. The lowest BCUT2D eigenvalue weighted by molar-refractivity contribution is -0.130. The Labute approximate surface area is 188 Å². The van der Waals surface area contributed by atoms with Crippen LogP contribution >= 0.6 is 27.5 Å². The second kappa shape index (κ2) is 9.53. The number of ketones is 1. The van der Waals surface area contributed by atoms with Gasteiger partial charge in [-0.2, -0.15) is 0 Å². The fraction of sp³-hybridized carbons (Fsp3) is 0.273. The van der Waals surface area contributed by atoms with Crippen molar-refractivity contribution in [3.63, 3.8) is 0 Å². The Morgan fingerprint density at radius 2 is 2.03 bits per heavy atom. The van der Waals surface area contributed by atoms with Gasteiger partial charge in [-0.3, -0.25) is 9.59 Å². The monoisotopic (exact) mass is 493 g/mol. The van der Waals surface area contributed by atoms with Gasteiger partial charge >= 0.3 is 0 Å². The second-order valence-corrected chi connectivity index (χ2v) is 8.09. The number of hydrogen-bond donors (Lipinski definition) is 0. The molecule has 2 aromatic carbocycles. The number of benzene rings is 2. The van der Waals surface area contributed by atoms with Gasteiger partial charge in [0.25, 0.3) is 5.91 Å². The van der Waals surface area contributed by atoms with E-state index in [0.717, 1.165) is 4.47 Å². The lowest BCUT2D eigenvalue weighted by Crippen LogP contribution is -2.27. The highest BCUT2D eigenvalue weighted by Gasteiger charge is 2.24. The van der Waals surface area contributed by atoms with E-state index < -0.39 is 0 Å². The molecule has 6 nitrogen and oxygen atoms in total. The van der Waals surface area contributed by atoms with E-state index in [1.807, 2.05) is 13.0 Å². The van der Waals surface area contributed by atoms with Crippen molar-refractivity contribution in [3.05, 3.63) is 56.5 Å². The lowest BCUT2D eigenvalue weighted by atomic mass is 9.98. The van der Waals surface area contributed by atoms with E-state index in [4.69, 9.17) is 25.8 Å². The van der Waals surface area contributed by atoms with Gasteiger partial charge in [-0.25, -0.2) is 0 Å². The number of carbonyl (C=O) groups is 2. The Morgan fingerprint density at radius 1 is 1.27 bits per heavy atom. The Kier molecular flexibility index (Phi) is 7.05. The summed E-state index contributed by atoms with van der Waals surface area (Å²) in [5.74, 6) is 0.938. The second-order valence-electron chi connectivity index (χ2n) is 6.77. The largest absolute Gasteiger partial charge is 0.490 e. The fourth-order valence-corrected chi connectivity index (χ4v) is 3.48. The van der Waals surface area contributed by atoms with Crippen LogP contribution in [-0.2, 0) is 4.79 Å². The number of halogens is 2. The summed E-state index contributed by atoms with van der Waals surface area (Å²) < 4.78 is 17.8. The molecule has 0 aliphatic carbocycles. The summed E-state index contributed by atoms with van der Waals surface area (Å²) in [6, 6.07) is 8.72. The zero-order valence-corrected chi connectivity index (χ0v) is 19.2. The minimum absolute atomic E-state index is 0.108. The molecule has 0 N–H and O–H groups in total. The predicted octanol–water partition coefficient (Wildman–Crippen LogP) is 4.63. The molecule has 158 valence electrons. The quantitative estimate of drug-likeness (QED) is 0.548. The molecule has 0 atom stereocenters. The van der Waals surface area contributed by atoms with Crippen LogP contribution in [0.1, 0.15) is 22.8 Å². The summed E-state index contributed by atoms with van der Waals surface area (Å²) in [6.07, 6.45) is 1.72. The third-order valence-corrected chi connectivity index (χ3v) is 5.15. The molecular formula is C22H21BrClNO5. The van der Waals surface area contributed by atoms with Gasteiger partial charge in [0, 0.05) is 24.1 Å². The Hall–Kier alpha value is -2.51. The van der Waals surface area contributed by atoms with Crippen LogP contribution in [-0.4, -0.2) is 50.5 Å². The van der Waals surface area contributed by atoms with Crippen molar-refractivity contribution in [2.75, 3.05) is 33.9 Å². The summed E-state index contributed by atoms with van der Waals surface area (Å²) in [5, 5.41) is 0.284. The van der Waals surface area contributed by atoms with Gasteiger partial charge in [-0.15, -0.1) is 0 Å². The van der Waals surface area contributed by atoms with Gasteiger partial charge < -0.3 is 19.1 Å². The van der Waals surface area contributed by atoms with Crippen molar-refractivity contribution in [1.29, 1.82) is 0 Å². The summed E-state index contributed by atoms with van der Waals surface area (Å²) >= 11 is 9.79. The number of hydrogen-bond acceptors (Lipinski definition) is 5. The number of carbonyl (C=O) groups excluding carboxylic acids is 2. The summed E-state index contributed by atoms with van der Waals surface area (Å²) in [6.45, 7) is 2.22. The first-order chi connectivity index (χ1) is 14.3. The van der Waals surface area contributed by atoms with Crippen LogP contribution in [0.4, 0.5) is 0 Å². The SMILES string of the molecule is CCOc1cc(C=C2COc3ccc(Br)cc3C2=O)cc(Cl)c1OCC(=O)N(C)C. The van der Waals surface area contributed by atoms with Crippen molar-refractivity contribution in [3.8, 4) is 17.2 Å². The van der Waals surface area contributed by atoms with Crippen LogP contribution in [0, 0.1) is 0 Å². The van der Waals surface area contributed by atoms with Crippen LogP contribution in [0.3, 0.4) is 0 Å². The van der Waals surface area contributed by atoms with Crippen LogP contribution in [0.2, 0.25) is 5.02 Å². The molecule has 8 heteroatoms. The van der Waals surface area contributed by atoms with Crippen molar-refractivity contribution in [1.82, 2.24) is 4.90 Å². The molecule has 1 aliphatic heterocycles. The average Bonchev–Trinajstić information content (AvgIpc) is 2.70. The molecule has 0 fully saturated rings. The van der Waals surface area contributed by atoms with Crippen molar-refractivity contribution >= 4 is 45.3 Å². The number of likely N-dealkylation sites (N-methyl/N-ethyl adjacent to an activating group) is 1. The van der Waals surface area contributed by atoms with E-state index in [9.17, 15) is 9.59 Å². The van der Waals surface area contributed by atoms with E-state index in [-0.39, 0.29) is 35.7 Å². The number of nitrogens with zero attached hydrogens (tertiary/aromatic N) is 1. The first kappa shape index (κ1) is 22.2. The zero-order valence-electron chi connectivity index (χ0n) is 16.8. The van der Waals surface area contributed by atoms with Gasteiger partial charge in [0.15, 0.2) is 23.9 Å². The fourth-order valence-electron chi connectivity index (χ4n) is 2.85. The van der Waals surface area contributed by atoms with Gasteiger partial charge in [0.2, 0.25) is 0 Å². The summed E-state index contributed by atoms with van der Waals surface area (Å²) in [5.41, 5.74) is 1.66. The van der Waals surface area contributed by atoms with E-state index in [1.165, 1.54) is 4.90 Å². The maximum atomic E-state index is 12.9. The first-order valence-electron chi connectivity index (χ1n) is 9.27. The maximum Gasteiger partial charge on any atom is 0.259 e. The van der Waals surface area contributed by atoms with E-state index in [0.29, 0.717) is 34.8 Å². The molecule has 1 heterocycles. The molecular weight excluding hydrogens is 474 g/mol. The Morgan fingerprint density at radius 3 is 2.73 bits per heavy atom. The molecule has 0 unspecified atom stereocenters. The van der Waals surface area contributed by atoms with Gasteiger partial charge in [0.1, 0.15) is 12.4 Å². The predicted molar refractivity (Wildman–Crippen MR) is 119 cm³/mol. The highest BCUT2D eigenvalue weighted by molar-refractivity contribution is 9.10. The molecule has 3 rings (SSSR count). The van der Waals surface area contributed by atoms with Crippen LogP contribution in [0.25, 0.3) is 6.08 Å². The average molecular weight is 495 g/mol. The van der Waals surface area contributed by atoms with Crippen LogP contribution < -0.4 is 14.2 Å². The number of rotatable bonds is 6. The number of amides is 1. The maximum absolute atomic E-state index is 12.9. The molecule has 0 aromatic heterocycles. The highest BCUT2D eigenvalue weighted by Crippen LogP contribution is 2.38. The molecule has 30 heavy (non-hydrogen) atoms. The third kappa shape index (κ3) is 4.96. The molecule has 1 amide bonds. The van der Waals surface area contributed by atoms with Crippen LogP contribution in [0.15, 0.2) is 40.4 Å². The minimum Gasteiger partial charge on any atom is -0.490 e. The van der Waals surface area contributed by atoms with E-state index >= 15 is 0 Å². The zero-order chi connectivity index (χ0) is 21.8. The minimum atomic E-state index is -0.200. The summed E-state index contributed by atoms with van der Waals surface area (Å²) in [7, 11) is 3.29. The Bertz CT molecular complexity index is 1020. The Balaban J connectivity index is 1.91. The normalized spacial score (nSPS) is 14.2. The standard InChI is InChI=1S/C22H21BrClNO5/c1-4-28-19-9-13(8-17(24)22(19)30-12-20(26)25(2)3)7-14-11-29-18-6-5-15(23)10-16(18)21(14)27/h5-10H,4,11-12H2,1-3H3. The molecule has 0 saturated carbocycles. The van der Waals surface area contributed by atoms with E-state index in [1.54, 1.807) is 44.4 Å².